The first-order valence-electron chi connectivity index (χ1n) is 8.04. The summed E-state index contributed by atoms with van der Waals surface area (Å²) < 4.78 is 2.13. The number of hydrogen-bond donors (Lipinski definition) is 1. The van der Waals surface area contributed by atoms with Crippen LogP contribution in [0.1, 0.15) is 34.9 Å². The summed E-state index contributed by atoms with van der Waals surface area (Å²) in [5.41, 5.74) is 1.84. The average molecular weight is 332 g/mol. The van der Waals surface area contributed by atoms with Gasteiger partial charge >= 0.3 is 0 Å². The number of aromatic nitrogens is 1. The Kier molecular flexibility index (Phi) is 5.03. The first-order valence-corrected chi connectivity index (χ1v) is 8.42. The number of likely N-dealkylation sites (tertiary alicyclic amines) is 1. The fourth-order valence-electron chi connectivity index (χ4n) is 3.22. The summed E-state index contributed by atoms with van der Waals surface area (Å²) >= 11 is 5.97. The third kappa shape index (κ3) is 3.77. The molecule has 0 bridgehead atoms. The van der Waals surface area contributed by atoms with Crippen LogP contribution in [0.15, 0.2) is 42.6 Å². The third-order valence-corrected chi connectivity index (χ3v) is 4.68. The highest BCUT2D eigenvalue weighted by atomic mass is 35.5. The van der Waals surface area contributed by atoms with E-state index >= 15 is 0 Å². The summed E-state index contributed by atoms with van der Waals surface area (Å²) in [6.07, 6.45) is 4.50. The molecule has 1 amide bonds. The second-order valence-corrected chi connectivity index (χ2v) is 6.46. The van der Waals surface area contributed by atoms with Gasteiger partial charge in [-0.2, -0.15) is 0 Å². The van der Waals surface area contributed by atoms with E-state index in [0.717, 1.165) is 13.1 Å². The van der Waals surface area contributed by atoms with E-state index in [0.29, 0.717) is 17.1 Å². The monoisotopic (exact) mass is 331 g/mol. The number of amides is 1. The Morgan fingerprint density at radius 1 is 1.26 bits per heavy atom. The van der Waals surface area contributed by atoms with Crippen LogP contribution in [0, 0.1) is 0 Å². The molecule has 2 aromatic rings. The highest BCUT2D eigenvalue weighted by Gasteiger charge is 2.25. The Hall–Kier alpha value is -1.78. The predicted molar refractivity (Wildman–Crippen MR) is 92.7 cm³/mol. The minimum absolute atomic E-state index is 0.0779. The molecule has 4 nitrogen and oxygen atoms in total. The van der Waals surface area contributed by atoms with E-state index in [-0.39, 0.29) is 11.9 Å². The smallest absolute Gasteiger partial charge is 0.251 e. The van der Waals surface area contributed by atoms with Crippen molar-refractivity contribution < 1.29 is 4.79 Å². The molecule has 23 heavy (non-hydrogen) atoms. The highest BCUT2D eigenvalue weighted by molar-refractivity contribution is 6.30. The molecule has 1 aliphatic heterocycles. The maximum atomic E-state index is 12.4. The summed E-state index contributed by atoms with van der Waals surface area (Å²) in [5, 5.41) is 3.65. The number of rotatable bonds is 5. The molecule has 2 heterocycles. The summed E-state index contributed by atoms with van der Waals surface area (Å²) in [6, 6.07) is 11.5. The Morgan fingerprint density at radius 3 is 2.70 bits per heavy atom. The zero-order valence-corrected chi connectivity index (χ0v) is 14.1. The van der Waals surface area contributed by atoms with Gasteiger partial charge in [0, 0.05) is 36.1 Å². The largest absolute Gasteiger partial charge is 0.353 e. The van der Waals surface area contributed by atoms with Crippen LogP contribution in [0.5, 0.6) is 0 Å². The van der Waals surface area contributed by atoms with E-state index in [2.05, 4.69) is 40.2 Å². The van der Waals surface area contributed by atoms with Gasteiger partial charge in [0.15, 0.2) is 0 Å². The van der Waals surface area contributed by atoms with Crippen molar-refractivity contribution in [3.05, 3.63) is 58.9 Å². The second-order valence-electron chi connectivity index (χ2n) is 6.02. The van der Waals surface area contributed by atoms with Crippen LogP contribution >= 0.6 is 11.6 Å². The van der Waals surface area contributed by atoms with Crippen molar-refractivity contribution in [1.82, 2.24) is 14.8 Å². The van der Waals surface area contributed by atoms with Gasteiger partial charge in [0.05, 0.1) is 6.04 Å². The first-order chi connectivity index (χ1) is 11.1. The summed E-state index contributed by atoms with van der Waals surface area (Å²) in [6.45, 7) is 2.77. The van der Waals surface area contributed by atoms with Crippen LogP contribution < -0.4 is 5.32 Å². The molecule has 1 aliphatic rings. The van der Waals surface area contributed by atoms with Gasteiger partial charge < -0.3 is 9.88 Å². The number of carbonyl (C=O) groups is 1. The van der Waals surface area contributed by atoms with Crippen LogP contribution in [0.4, 0.5) is 0 Å². The second kappa shape index (κ2) is 7.20. The Balaban J connectivity index is 1.71. The standard InChI is InChI=1S/C18H22ClN3O/c1-21-9-5-8-16(21)17(22-10-2-3-11-22)13-20-18(23)14-6-4-7-15(19)12-14/h4-9,12,17H,2-3,10-11,13H2,1H3,(H,20,23). The SMILES string of the molecule is Cn1cccc1C(CNC(=O)c1cccc(Cl)c1)N1CCCC1. The zero-order valence-electron chi connectivity index (χ0n) is 13.3. The van der Waals surface area contributed by atoms with Gasteiger partial charge in [-0.05, 0) is 56.3 Å². The normalized spacial score (nSPS) is 16.4. The number of hydrogen-bond acceptors (Lipinski definition) is 2. The summed E-state index contributed by atoms with van der Waals surface area (Å²) in [7, 11) is 2.05. The maximum Gasteiger partial charge on any atom is 0.251 e. The number of aryl methyl sites for hydroxylation is 1. The van der Waals surface area contributed by atoms with Crippen molar-refractivity contribution in [2.75, 3.05) is 19.6 Å². The van der Waals surface area contributed by atoms with Crippen molar-refractivity contribution >= 4 is 17.5 Å². The molecule has 1 fully saturated rings. The third-order valence-electron chi connectivity index (χ3n) is 4.45. The fraction of sp³-hybridized carbons (Fsp3) is 0.389. The molecule has 1 aromatic heterocycles. The lowest BCUT2D eigenvalue weighted by atomic mass is 10.1. The molecule has 1 atom stereocenters. The molecule has 5 heteroatoms. The molecule has 1 saturated heterocycles. The lowest BCUT2D eigenvalue weighted by molar-refractivity contribution is 0.0936. The first kappa shape index (κ1) is 16.1. The summed E-state index contributed by atoms with van der Waals surface area (Å²) in [5.74, 6) is -0.0779. The van der Waals surface area contributed by atoms with E-state index in [4.69, 9.17) is 11.6 Å². The van der Waals surface area contributed by atoms with Gasteiger partial charge in [0.25, 0.3) is 5.91 Å². The molecule has 1 N–H and O–H groups in total. The highest BCUT2D eigenvalue weighted by Crippen LogP contribution is 2.24. The topological polar surface area (TPSA) is 37.3 Å². The number of halogens is 1. The Morgan fingerprint density at radius 2 is 2.04 bits per heavy atom. The molecule has 1 unspecified atom stereocenters. The van der Waals surface area contributed by atoms with Crippen molar-refractivity contribution in [2.45, 2.75) is 18.9 Å². The molecule has 0 aliphatic carbocycles. The molecular formula is C18H22ClN3O. The van der Waals surface area contributed by atoms with Gasteiger partial charge in [-0.15, -0.1) is 0 Å². The van der Waals surface area contributed by atoms with Crippen molar-refractivity contribution in [3.63, 3.8) is 0 Å². The molecule has 0 spiro atoms. The number of nitrogens with one attached hydrogen (secondary N) is 1. The lowest BCUT2D eigenvalue weighted by Crippen LogP contribution is -2.37. The van der Waals surface area contributed by atoms with E-state index < -0.39 is 0 Å². The van der Waals surface area contributed by atoms with Gasteiger partial charge in [0.1, 0.15) is 0 Å². The molecule has 0 radical (unpaired) electrons. The summed E-state index contributed by atoms with van der Waals surface area (Å²) in [4.78, 5) is 14.8. The van der Waals surface area contributed by atoms with Gasteiger partial charge in [-0.3, -0.25) is 9.69 Å². The van der Waals surface area contributed by atoms with Gasteiger partial charge in [-0.1, -0.05) is 17.7 Å². The minimum atomic E-state index is -0.0779. The van der Waals surface area contributed by atoms with Crippen molar-refractivity contribution in [1.29, 1.82) is 0 Å². The maximum absolute atomic E-state index is 12.4. The van der Waals surface area contributed by atoms with E-state index in [9.17, 15) is 4.79 Å². The van der Waals surface area contributed by atoms with Gasteiger partial charge in [0.2, 0.25) is 0 Å². The molecule has 1 aromatic carbocycles. The number of nitrogens with zero attached hydrogens (tertiary/aromatic N) is 2. The number of carbonyl (C=O) groups excluding carboxylic acids is 1. The van der Waals surface area contributed by atoms with E-state index in [1.165, 1.54) is 18.5 Å². The van der Waals surface area contributed by atoms with Gasteiger partial charge in [-0.25, -0.2) is 0 Å². The fourth-order valence-corrected chi connectivity index (χ4v) is 3.41. The molecule has 0 saturated carbocycles. The lowest BCUT2D eigenvalue weighted by Gasteiger charge is -2.28. The van der Waals surface area contributed by atoms with Crippen LogP contribution in [0.2, 0.25) is 5.02 Å². The van der Waals surface area contributed by atoms with Crippen LogP contribution in [0.3, 0.4) is 0 Å². The Bertz CT molecular complexity index is 676. The average Bonchev–Trinajstić information content (AvgIpc) is 3.20. The minimum Gasteiger partial charge on any atom is -0.353 e. The molecule has 122 valence electrons. The van der Waals surface area contributed by atoms with E-state index in [1.54, 1.807) is 24.3 Å². The van der Waals surface area contributed by atoms with E-state index in [1.807, 2.05) is 0 Å². The molecule has 3 rings (SSSR count). The number of benzene rings is 1. The zero-order chi connectivity index (χ0) is 16.2. The van der Waals surface area contributed by atoms with Crippen LogP contribution in [-0.2, 0) is 7.05 Å². The quantitative estimate of drug-likeness (QED) is 0.913. The van der Waals surface area contributed by atoms with Crippen LogP contribution in [0.25, 0.3) is 0 Å². The van der Waals surface area contributed by atoms with Crippen molar-refractivity contribution in [2.24, 2.45) is 7.05 Å². The molecular weight excluding hydrogens is 310 g/mol. The van der Waals surface area contributed by atoms with Crippen LogP contribution in [-0.4, -0.2) is 35.0 Å². The predicted octanol–water partition coefficient (Wildman–Crippen LogP) is 3.25. The Labute approximate surface area is 142 Å². The van der Waals surface area contributed by atoms with Crippen molar-refractivity contribution in [3.8, 4) is 0 Å².